The van der Waals surface area contributed by atoms with E-state index in [4.69, 9.17) is 4.74 Å². The third-order valence-electron chi connectivity index (χ3n) is 5.91. The van der Waals surface area contributed by atoms with Crippen LogP contribution in [0.25, 0.3) is 11.1 Å². The van der Waals surface area contributed by atoms with Crippen LogP contribution in [0.5, 0.6) is 5.75 Å². The summed E-state index contributed by atoms with van der Waals surface area (Å²) in [6, 6.07) is 36.8. The fraction of sp³-hybridized carbons (Fsp3) is 0.114. The Labute approximate surface area is 238 Å². The molecule has 0 saturated heterocycles. The van der Waals surface area contributed by atoms with Crippen molar-refractivity contribution in [1.29, 1.82) is 0 Å². The molecule has 4 aromatic carbocycles. The maximum absolute atomic E-state index is 5.39. The molecule has 0 amide bonds. The van der Waals surface area contributed by atoms with E-state index in [1.807, 2.05) is 18.2 Å². The van der Waals surface area contributed by atoms with Crippen molar-refractivity contribution < 1.29 is 29.0 Å². The molecule has 0 unspecified atom stereocenters. The van der Waals surface area contributed by atoms with Crippen LogP contribution in [0.2, 0.25) is 0 Å². The molecule has 2 heteroatoms. The molecule has 0 fully saturated rings. The Bertz CT molecular complexity index is 1290. The number of rotatable bonds is 3. The van der Waals surface area contributed by atoms with Crippen molar-refractivity contribution in [3.05, 3.63) is 164 Å². The first-order valence-corrected chi connectivity index (χ1v) is 13.0. The molecule has 1 nitrogen and oxygen atoms in total. The van der Waals surface area contributed by atoms with Crippen molar-refractivity contribution in [2.75, 3.05) is 7.11 Å². The zero-order valence-corrected chi connectivity index (χ0v) is 24.7. The van der Waals surface area contributed by atoms with Gasteiger partial charge in [0.05, 0.1) is 7.11 Å². The normalized spacial score (nSPS) is 11.5. The third-order valence-corrected chi connectivity index (χ3v) is 7.33. The van der Waals surface area contributed by atoms with E-state index in [1.54, 1.807) is 7.11 Å². The standard InChI is InChI=1S/C14H11O.C13H10.C6H7.2CH3.Zr/c1-15-13-8-4-6-11-9-10-5-2-3-7-12(10)14(11)13;1-3-7-12(8-4-1)11-13-9-5-2-6-10-13;1-6-4-2-3-5-6;;;/h2-5,7-8H,9H2,1H3;1-10H;4-5H,2H2,1H3;2*1H3;/q-1;;3*-1;. The first-order chi connectivity index (χ1) is 17.2. The van der Waals surface area contributed by atoms with E-state index in [0.717, 1.165) is 18.6 Å². The van der Waals surface area contributed by atoms with E-state index >= 15 is 0 Å². The molecule has 0 aliphatic heterocycles. The monoisotopic (exact) mass is 560 g/mol. The molecule has 0 atom stereocenters. The maximum atomic E-state index is 5.39. The predicted molar refractivity (Wildman–Crippen MR) is 155 cm³/mol. The van der Waals surface area contributed by atoms with Gasteiger partial charge >= 0.3 is 99.2 Å². The molecule has 0 spiro atoms. The van der Waals surface area contributed by atoms with Gasteiger partial charge in [-0.25, -0.2) is 11.6 Å². The topological polar surface area (TPSA) is 9.23 Å². The van der Waals surface area contributed by atoms with Gasteiger partial charge in [0.1, 0.15) is 0 Å². The molecule has 2 aliphatic rings. The molecule has 0 radical (unpaired) electrons. The number of ether oxygens (including phenoxy) is 1. The van der Waals surface area contributed by atoms with Crippen LogP contribution in [-0.4, -0.2) is 10.3 Å². The molecule has 188 valence electrons. The van der Waals surface area contributed by atoms with Crippen molar-refractivity contribution in [3.8, 4) is 16.9 Å². The number of hydrogen-bond donors (Lipinski definition) is 0. The summed E-state index contributed by atoms with van der Waals surface area (Å²) in [5.41, 5.74) is 9.13. The third kappa shape index (κ3) is 7.95. The summed E-state index contributed by atoms with van der Waals surface area (Å²) in [5, 5.41) is 0. The van der Waals surface area contributed by atoms with E-state index < -0.39 is 0 Å². The Hall–Kier alpha value is -3.09. The van der Waals surface area contributed by atoms with Gasteiger partial charge in [0.25, 0.3) is 0 Å². The number of methoxy groups -OCH3 is 1. The van der Waals surface area contributed by atoms with Crippen LogP contribution in [0.15, 0.2) is 115 Å². The SMILES string of the molecule is CC1=CC[C-]=C1.COc1cc[c-]c2c1-c1ccccc1C2.[CH3-].[CH3-].[Zr]=[C](c1ccccc1)c1ccccc1. The molecule has 0 aromatic heterocycles. The van der Waals surface area contributed by atoms with E-state index in [2.05, 4.69) is 110 Å². The number of fused-ring (bicyclic) bond motifs is 3. The molecule has 0 saturated carbocycles. The van der Waals surface area contributed by atoms with Gasteiger partial charge in [0.15, 0.2) is 0 Å². The van der Waals surface area contributed by atoms with Crippen LogP contribution in [0.1, 0.15) is 35.6 Å². The van der Waals surface area contributed by atoms with Gasteiger partial charge in [0.2, 0.25) is 0 Å². The average molecular weight is 562 g/mol. The molecule has 37 heavy (non-hydrogen) atoms. The minimum atomic E-state index is 0. The molecule has 0 bridgehead atoms. The average Bonchev–Trinajstić information content (AvgIpc) is 3.56. The predicted octanol–water partition coefficient (Wildman–Crippen LogP) is 8.47. The Morgan fingerprint density at radius 2 is 1.41 bits per heavy atom. The Morgan fingerprint density at radius 1 is 0.811 bits per heavy atom. The molecule has 0 N–H and O–H groups in total. The number of hydrogen-bond acceptors (Lipinski definition) is 1. The summed E-state index contributed by atoms with van der Waals surface area (Å²) >= 11 is 1.46. The Balaban J connectivity index is 0.000000205. The first kappa shape index (κ1) is 30.1. The fourth-order valence-corrected chi connectivity index (χ4v) is 4.93. The van der Waals surface area contributed by atoms with E-state index in [0.29, 0.717) is 0 Å². The molecule has 6 rings (SSSR count). The van der Waals surface area contributed by atoms with Crippen LogP contribution in [0.4, 0.5) is 0 Å². The van der Waals surface area contributed by atoms with E-state index in [1.165, 1.54) is 66.4 Å². The summed E-state index contributed by atoms with van der Waals surface area (Å²) < 4.78 is 6.81. The molecular formula is C35H34OZr-4. The van der Waals surface area contributed by atoms with E-state index in [9.17, 15) is 0 Å². The Kier molecular flexibility index (Phi) is 12.4. The van der Waals surface area contributed by atoms with Gasteiger partial charge in [-0.05, 0) is 12.0 Å². The first-order valence-electron chi connectivity index (χ1n) is 11.8. The Morgan fingerprint density at radius 3 is 1.92 bits per heavy atom. The summed E-state index contributed by atoms with van der Waals surface area (Å²) in [4.78, 5) is 0. The van der Waals surface area contributed by atoms with E-state index in [-0.39, 0.29) is 14.9 Å². The second-order valence-corrected chi connectivity index (χ2v) is 9.57. The van der Waals surface area contributed by atoms with Gasteiger partial charge in [-0.15, -0.1) is 25.0 Å². The zero-order valence-electron chi connectivity index (χ0n) is 22.2. The van der Waals surface area contributed by atoms with Crippen molar-refractivity contribution in [2.24, 2.45) is 0 Å². The van der Waals surface area contributed by atoms with Crippen molar-refractivity contribution in [2.45, 2.75) is 19.8 Å². The van der Waals surface area contributed by atoms with Crippen LogP contribution >= 0.6 is 0 Å². The van der Waals surface area contributed by atoms with Crippen LogP contribution in [0, 0.1) is 27.0 Å². The van der Waals surface area contributed by atoms with Crippen molar-refractivity contribution in [1.82, 2.24) is 0 Å². The van der Waals surface area contributed by atoms with Crippen LogP contribution < -0.4 is 4.74 Å². The summed E-state index contributed by atoms with van der Waals surface area (Å²) in [7, 11) is 1.72. The molecule has 2 aliphatic carbocycles. The molecule has 0 heterocycles. The van der Waals surface area contributed by atoms with Gasteiger partial charge < -0.3 is 19.6 Å². The van der Waals surface area contributed by atoms with Gasteiger partial charge in [-0.2, -0.15) is 18.2 Å². The van der Waals surface area contributed by atoms with Crippen molar-refractivity contribution in [3.63, 3.8) is 0 Å². The summed E-state index contributed by atoms with van der Waals surface area (Å²) in [5.74, 6) is 0.952. The fourth-order valence-electron chi connectivity index (χ4n) is 4.11. The van der Waals surface area contributed by atoms with Crippen LogP contribution in [0.3, 0.4) is 0 Å². The van der Waals surface area contributed by atoms with Crippen molar-refractivity contribution >= 4 is 3.21 Å². The quantitative estimate of drug-likeness (QED) is 0.201. The second-order valence-electron chi connectivity index (χ2n) is 8.34. The molecular weight excluding hydrogens is 528 g/mol. The van der Waals surface area contributed by atoms with Gasteiger partial charge in [-0.1, -0.05) is 35.4 Å². The number of allylic oxidation sites excluding steroid dienone is 4. The second kappa shape index (κ2) is 15.2. The minimum absolute atomic E-state index is 0. The molecule has 4 aromatic rings. The van der Waals surface area contributed by atoms with Crippen LogP contribution in [-0.2, 0) is 30.7 Å². The number of benzene rings is 4. The zero-order chi connectivity index (χ0) is 24.5. The van der Waals surface area contributed by atoms with Gasteiger partial charge in [-0.3, -0.25) is 6.08 Å². The van der Waals surface area contributed by atoms with Gasteiger partial charge in [0, 0.05) is 5.75 Å². The summed E-state index contributed by atoms with van der Waals surface area (Å²) in [6.07, 6.45) is 9.22. The summed E-state index contributed by atoms with van der Waals surface area (Å²) in [6.45, 7) is 2.08.